The monoisotopic (exact) mass is 330 g/mol. The van der Waals surface area contributed by atoms with Crippen LogP contribution in [0, 0.1) is 13.8 Å². The van der Waals surface area contributed by atoms with Crippen molar-refractivity contribution in [2.45, 2.75) is 31.8 Å². The molecule has 0 saturated carbocycles. The Hall–Kier alpha value is -2.28. The maximum Gasteiger partial charge on any atom is 0.138 e. The summed E-state index contributed by atoms with van der Waals surface area (Å²) >= 11 is 0. The molecule has 0 aliphatic rings. The van der Waals surface area contributed by atoms with Gasteiger partial charge >= 0.3 is 0 Å². The van der Waals surface area contributed by atoms with E-state index in [1.165, 1.54) is 0 Å². The van der Waals surface area contributed by atoms with Gasteiger partial charge in [-0.05, 0) is 32.9 Å². The minimum Gasteiger partial charge on any atom is -0.361 e. The average Bonchev–Trinajstić information content (AvgIpc) is 3.17. The lowest BCUT2D eigenvalue weighted by Crippen LogP contribution is -2.07. The number of para-hydroxylation sites is 1. The fourth-order valence-corrected chi connectivity index (χ4v) is 3.60. The Morgan fingerprint density at radius 3 is 2.65 bits per heavy atom. The lowest BCUT2D eigenvalue weighted by molar-refractivity contribution is 0.392. The number of aromatic nitrogens is 4. The Kier molecular flexibility index (Phi) is 4.38. The first-order chi connectivity index (χ1) is 11.1. The standard InChI is InChI=1S/C16H18N4O2S/c1-11-15(12(2)22-18-11)10-23(21)13(3)16-9-20(19-17-16)14-7-5-4-6-8-14/h4-9,13H,10H2,1-3H3. The van der Waals surface area contributed by atoms with Crippen LogP contribution in [-0.4, -0.2) is 24.4 Å². The van der Waals surface area contributed by atoms with Crippen LogP contribution in [0.25, 0.3) is 5.69 Å². The Balaban J connectivity index is 1.77. The van der Waals surface area contributed by atoms with Gasteiger partial charge in [0.05, 0.1) is 34.3 Å². The van der Waals surface area contributed by atoms with Crippen LogP contribution in [0.15, 0.2) is 41.1 Å². The number of hydrogen-bond donors (Lipinski definition) is 0. The van der Waals surface area contributed by atoms with Crippen LogP contribution in [0.3, 0.4) is 0 Å². The van der Waals surface area contributed by atoms with E-state index in [0.29, 0.717) is 11.4 Å². The van der Waals surface area contributed by atoms with Gasteiger partial charge in [-0.1, -0.05) is 28.6 Å². The summed E-state index contributed by atoms with van der Waals surface area (Å²) in [6.07, 6.45) is 1.82. The second-order valence-electron chi connectivity index (χ2n) is 5.39. The van der Waals surface area contributed by atoms with Crippen molar-refractivity contribution in [3.05, 3.63) is 59.2 Å². The maximum absolute atomic E-state index is 12.6. The molecule has 0 radical (unpaired) electrons. The van der Waals surface area contributed by atoms with E-state index in [1.54, 1.807) is 4.68 Å². The normalized spacial score (nSPS) is 13.9. The predicted molar refractivity (Wildman–Crippen MR) is 87.6 cm³/mol. The third-order valence-corrected chi connectivity index (χ3v) is 5.41. The molecular formula is C16H18N4O2S. The van der Waals surface area contributed by atoms with Crippen LogP contribution < -0.4 is 0 Å². The predicted octanol–water partition coefficient (Wildman–Crippen LogP) is 2.88. The zero-order chi connectivity index (χ0) is 16.4. The van der Waals surface area contributed by atoms with Gasteiger partial charge in [-0.3, -0.25) is 4.21 Å². The molecule has 0 saturated heterocycles. The highest BCUT2D eigenvalue weighted by Crippen LogP contribution is 2.23. The fourth-order valence-electron chi connectivity index (χ4n) is 2.28. The van der Waals surface area contributed by atoms with Crippen LogP contribution in [0.2, 0.25) is 0 Å². The third kappa shape index (κ3) is 3.24. The lowest BCUT2D eigenvalue weighted by Gasteiger charge is -2.08. The molecule has 0 aliphatic heterocycles. The van der Waals surface area contributed by atoms with Crippen molar-refractivity contribution in [1.82, 2.24) is 20.2 Å². The fraction of sp³-hybridized carbons (Fsp3) is 0.312. The van der Waals surface area contributed by atoms with E-state index in [4.69, 9.17) is 4.52 Å². The van der Waals surface area contributed by atoms with Crippen molar-refractivity contribution < 1.29 is 8.73 Å². The van der Waals surface area contributed by atoms with Crippen molar-refractivity contribution in [1.29, 1.82) is 0 Å². The summed E-state index contributed by atoms with van der Waals surface area (Å²) in [6, 6.07) is 9.72. The van der Waals surface area contributed by atoms with Gasteiger partial charge in [-0.25, -0.2) is 4.68 Å². The van der Waals surface area contributed by atoms with Gasteiger partial charge in [0.25, 0.3) is 0 Å². The Bertz CT molecular complexity index is 806. The molecule has 3 aromatic rings. The quantitative estimate of drug-likeness (QED) is 0.719. The van der Waals surface area contributed by atoms with Gasteiger partial charge in [0.2, 0.25) is 0 Å². The molecule has 2 aromatic heterocycles. The summed E-state index contributed by atoms with van der Waals surface area (Å²) in [5, 5.41) is 12.0. The highest BCUT2D eigenvalue weighted by Gasteiger charge is 2.21. The molecule has 120 valence electrons. The van der Waals surface area contributed by atoms with Crippen LogP contribution in [-0.2, 0) is 16.6 Å². The van der Waals surface area contributed by atoms with E-state index in [1.807, 2.05) is 57.3 Å². The maximum atomic E-state index is 12.6. The van der Waals surface area contributed by atoms with Gasteiger partial charge in [0.15, 0.2) is 0 Å². The zero-order valence-corrected chi connectivity index (χ0v) is 14.1. The van der Waals surface area contributed by atoms with Crippen LogP contribution in [0.5, 0.6) is 0 Å². The van der Waals surface area contributed by atoms with Gasteiger partial charge in [0.1, 0.15) is 5.76 Å². The second kappa shape index (κ2) is 6.45. The molecule has 2 atom stereocenters. The summed E-state index contributed by atoms with van der Waals surface area (Å²) in [7, 11) is -1.12. The van der Waals surface area contributed by atoms with Gasteiger partial charge in [-0.15, -0.1) is 5.10 Å². The second-order valence-corrected chi connectivity index (χ2v) is 7.15. The van der Waals surface area contributed by atoms with Crippen molar-refractivity contribution in [3.8, 4) is 5.69 Å². The smallest absolute Gasteiger partial charge is 0.138 e. The Morgan fingerprint density at radius 1 is 1.26 bits per heavy atom. The molecule has 0 fully saturated rings. The zero-order valence-electron chi connectivity index (χ0n) is 13.3. The molecule has 3 rings (SSSR count). The summed E-state index contributed by atoms with van der Waals surface area (Å²) < 4.78 is 19.4. The van der Waals surface area contributed by atoms with Crippen molar-refractivity contribution in [2.75, 3.05) is 0 Å². The topological polar surface area (TPSA) is 73.8 Å². The highest BCUT2D eigenvalue weighted by molar-refractivity contribution is 7.84. The first-order valence-electron chi connectivity index (χ1n) is 7.33. The summed E-state index contributed by atoms with van der Waals surface area (Å²) in [4.78, 5) is 0. The van der Waals surface area contributed by atoms with E-state index in [2.05, 4.69) is 15.5 Å². The lowest BCUT2D eigenvalue weighted by atomic mass is 10.2. The molecule has 23 heavy (non-hydrogen) atoms. The molecule has 0 amide bonds. The molecule has 6 nitrogen and oxygen atoms in total. The number of rotatable bonds is 5. The van der Waals surface area contributed by atoms with E-state index in [0.717, 1.165) is 22.7 Å². The Morgan fingerprint density at radius 2 is 2.00 bits per heavy atom. The van der Waals surface area contributed by atoms with Crippen molar-refractivity contribution in [2.24, 2.45) is 0 Å². The van der Waals surface area contributed by atoms with Crippen LogP contribution >= 0.6 is 0 Å². The average molecular weight is 330 g/mol. The SMILES string of the molecule is Cc1noc(C)c1CS(=O)C(C)c1cn(-c2ccccc2)nn1. The molecule has 0 N–H and O–H groups in total. The molecule has 7 heteroatoms. The number of benzene rings is 1. The number of hydrogen-bond acceptors (Lipinski definition) is 5. The largest absolute Gasteiger partial charge is 0.361 e. The van der Waals surface area contributed by atoms with Gasteiger partial charge in [0, 0.05) is 16.4 Å². The summed E-state index contributed by atoms with van der Waals surface area (Å²) in [5.74, 6) is 1.12. The molecule has 0 bridgehead atoms. The van der Waals surface area contributed by atoms with E-state index < -0.39 is 10.8 Å². The van der Waals surface area contributed by atoms with Gasteiger partial charge < -0.3 is 4.52 Å². The van der Waals surface area contributed by atoms with Crippen LogP contribution in [0.4, 0.5) is 0 Å². The minimum absolute atomic E-state index is 0.221. The molecule has 2 unspecified atom stereocenters. The number of nitrogens with zero attached hydrogens (tertiary/aromatic N) is 4. The van der Waals surface area contributed by atoms with Crippen LogP contribution in [0.1, 0.15) is 34.9 Å². The van der Waals surface area contributed by atoms with Crippen molar-refractivity contribution >= 4 is 10.8 Å². The first-order valence-corrected chi connectivity index (χ1v) is 8.71. The minimum atomic E-state index is -1.12. The molecule has 0 aliphatic carbocycles. The van der Waals surface area contributed by atoms with Crippen molar-refractivity contribution in [3.63, 3.8) is 0 Å². The highest BCUT2D eigenvalue weighted by atomic mass is 32.2. The third-order valence-electron chi connectivity index (χ3n) is 3.81. The first kappa shape index (κ1) is 15.6. The van der Waals surface area contributed by atoms with E-state index in [9.17, 15) is 4.21 Å². The number of aryl methyl sites for hydroxylation is 2. The molecule has 1 aromatic carbocycles. The summed E-state index contributed by atoms with van der Waals surface area (Å²) in [5.41, 5.74) is 3.33. The summed E-state index contributed by atoms with van der Waals surface area (Å²) in [6.45, 7) is 5.59. The Labute approximate surface area is 137 Å². The molecular weight excluding hydrogens is 312 g/mol. The van der Waals surface area contributed by atoms with E-state index in [-0.39, 0.29) is 5.25 Å². The van der Waals surface area contributed by atoms with E-state index >= 15 is 0 Å². The molecule has 0 spiro atoms. The van der Waals surface area contributed by atoms with Gasteiger partial charge in [-0.2, -0.15) is 0 Å². The molecule has 2 heterocycles.